The second-order valence-corrected chi connectivity index (χ2v) is 6.29. The summed E-state index contributed by atoms with van der Waals surface area (Å²) >= 11 is 0. The predicted molar refractivity (Wildman–Crippen MR) is 67.1 cm³/mol. The van der Waals surface area contributed by atoms with Crippen molar-refractivity contribution in [3.05, 3.63) is 12.2 Å². The van der Waals surface area contributed by atoms with Gasteiger partial charge in [0.1, 0.15) is 13.2 Å². The van der Waals surface area contributed by atoms with Crippen LogP contribution in [0, 0.1) is 5.41 Å². The second kappa shape index (κ2) is 5.48. The van der Waals surface area contributed by atoms with E-state index in [0.29, 0.717) is 12.2 Å². The Hall–Kier alpha value is -0.830. The first kappa shape index (κ1) is 15.2. The summed E-state index contributed by atoms with van der Waals surface area (Å²) in [6.07, 6.45) is 0. The summed E-state index contributed by atoms with van der Waals surface area (Å²) in [5, 5.41) is 0. The highest BCUT2D eigenvalue weighted by molar-refractivity contribution is 5.86. The molecule has 3 nitrogen and oxygen atoms in total. The molecule has 0 bridgehead atoms. The molecule has 0 unspecified atom stereocenters. The molecule has 0 atom stereocenters. The molecule has 0 aliphatic heterocycles. The van der Waals surface area contributed by atoms with Crippen molar-refractivity contribution in [2.45, 2.75) is 27.7 Å². The zero-order valence-corrected chi connectivity index (χ0v) is 11.6. The smallest absolute Gasteiger partial charge is 0.333 e. The molecule has 0 aliphatic carbocycles. The topological polar surface area (TPSA) is 26.3 Å². The summed E-state index contributed by atoms with van der Waals surface area (Å²) < 4.78 is 5.95. The lowest BCUT2D eigenvalue weighted by Gasteiger charge is -2.35. The lowest BCUT2D eigenvalue weighted by atomic mass is 9.95. The number of rotatable bonds is 5. The third-order valence-corrected chi connectivity index (χ3v) is 2.18. The first-order valence-electron chi connectivity index (χ1n) is 5.68. The molecule has 0 heterocycles. The van der Waals surface area contributed by atoms with Crippen LogP contribution in [0.2, 0.25) is 0 Å². The number of quaternary nitrogens is 1. The summed E-state index contributed by atoms with van der Waals surface area (Å²) in [6, 6.07) is 0. The number of ether oxygens (including phenoxy) is 1. The summed E-state index contributed by atoms with van der Waals surface area (Å²) in [6.45, 7) is 14.2. The Morgan fingerprint density at radius 1 is 1.31 bits per heavy atom. The van der Waals surface area contributed by atoms with E-state index in [4.69, 9.17) is 4.74 Å². The van der Waals surface area contributed by atoms with Crippen LogP contribution in [0.25, 0.3) is 0 Å². The van der Waals surface area contributed by atoms with Gasteiger partial charge in [0.15, 0.2) is 0 Å². The van der Waals surface area contributed by atoms with Crippen LogP contribution >= 0.6 is 0 Å². The molecule has 94 valence electrons. The highest BCUT2D eigenvalue weighted by Crippen LogP contribution is 2.17. The molecule has 0 saturated heterocycles. The summed E-state index contributed by atoms with van der Waals surface area (Å²) in [5.74, 6) is -0.296. The second-order valence-electron chi connectivity index (χ2n) is 6.29. The molecule has 0 saturated carbocycles. The fraction of sp³-hybridized carbons (Fsp3) is 0.769. The third-order valence-electron chi connectivity index (χ3n) is 2.18. The quantitative estimate of drug-likeness (QED) is 0.410. The number of carbonyl (C=O) groups is 1. The van der Waals surface area contributed by atoms with Crippen molar-refractivity contribution in [2.75, 3.05) is 33.8 Å². The Balaban J connectivity index is 4.01. The van der Waals surface area contributed by atoms with Gasteiger partial charge < -0.3 is 9.22 Å². The van der Waals surface area contributed by atoms with Gasteiger partial charge in [-0.3, -0.25) is 0 Å². The van der Waals surface area contributed by atoms with Gasteiger partial charge in [-0.1, -0.05) is 27.4 Å². The predicted octanol–water partition coefficient (Wildman–Crippen LogP) is 2.23. The molecule has 16 heavy (non-hydrogen) atoms. The van der Waals surface area contributed by atoms with Crippen molar-refractivity contribution in [3.63, 3.8) is 0 Å². The van der Waals surface area contributed by atoms with Crippen LogP contribution in [0.15, 0.2) is 12.2 Å². The maximum atomic E-state index is 11.2. The standard InChI is InChI=1S/C13H26NO2/c1-11(2)12(15)16-9-8-14(6,7)10-13(3,4)5/h1,8-10H2,2-7H3/q+1. The van der Waals surface area contributed by atoms with Crippen LogP contribution in [0.5, 0.6) is 0 Å². The van der Waals surface area contributed by atoms with Gasteiger partial charge in [-0.2, -0.15) is 0 Å². The largest absolute Gasteiger partial charge is 0.456 e. The zero-order chi connectivity index (χ0) is 13.0. The average Bonchev–Trinajstić information content (AvgIpc) is 1.98. The van der Waals surface area contributed by atoms with E-state index >= 15 is 0 Å². The number of hydrogen-bond acceptors (Lipinski definition) is 2. The monoisotopic (exact) mass is 228 g/mol. The normalized spacial score (nSPS) is 12.4. The van der Waals surface area contributed by atoms with Crippen molar-refractivity contribution in [2.24, 2.45) is 5.41 Å². The molecular weight excluding hydrogens is 202 g/mol. The highest BCUT2D eigenvalue weighted by Gasteiger charge is 2.24. The van der Waals surface area contributed by atoms with Crippen molar-refractivity contribution in [3.8, 4) is 0 Å². The summed E-state index contributed by atoms with van der Waals surface area (Å²) in [5.41, 5.74) is 0.739. The van der Waals surface area contributed by atoms with Gasteiger partial charge >= 0.3 is 5.97 Å². The van der Waals surface area contributed by atoms with Crippen LogP contribution < -0.4 is 0 Å². The molecule has 3 heteroatoms. The Bertz CT molecular complexity index is 262. The number of carbonyl (C=O) groups excluding carboxylic acids is 1. The SMILES string of the molecule is C=C(C)C(=O)OCC[N+](C)(C)CC(C)(C)C. The molecule has 0 aromatic rings. The molecule has 0 spiro atoms. The summed E-state index contributed by atoms with van der Waals surface area (Å²) in [7, 11) is 4.31. The fourth-order valence-corrected chi connectivity index (χ4v) is 1.87. The van der Waals surface area contributed by atoms with Gasteiger partial charge in [-0.05, 0) is 6.92 Å². The maximum absolute atomic E-state index is 11.2. The van der Waals surface area contributed by atoms with E-state index in [2.05, 4.69) is 41.4 Å². The van der Waals surface area contributed by atoms with Crippen LogP contribution in [-0.4, -0.2) is 44.2 Å². The Labute approximate surface area is 99.7 Å². The first-order valence-corrected chi connectivity index (χ1v) is 5.68. The molecule has 0 aromatic heterocycles. The Morgan fingerprint density at radius 3 is 2.19 bits per heavy atom. The number of esters is 1. The molecule has 0 fully saturated rings. The minimum Gasteiger partial charge on any atom is -0.456 e. The van der Waals surface area contributed by atoms with Gasteiger partial charge in [0.05, 0.1) is 20.6 Å². The number of likely N-dealkylation sites (N-methyl/N-ethyl adjacent to an activating group) is 1. The van der Waals surface area contributed by atoms with E-state index in [1.54, 1.807) is 6.92 Å². The Morgan fingerprint density at radius 2 is 1.81 bits per heavy atom. The minimum absolute atomic E-state index is 0.280. The highest BCUT2D eigenvalue weighted by atomic mass is 16.5. The van der Waals surface area contributed by atoms with Crippen molar-refractivity contribution >= 4 is 5.97 Å². The van der Waals surface area contributed by atoms with Crippen LogP contribution in [0.4, 0.5) is 0 Å². The van der Waals surface area contributed by atoms with E-state index in [9.17, 15) is 4.79 Å². The van der Waals surface area contributed by atoms with Crippen molar-refractivity contribution in [1.82, 2.24) is 0 Å². The minimum atomic E-state index is -0.296. The first-order chi connectivity index (χ1) is 7.03. The van der Waals surface area contributed by atoms with Crippen LogP contribution in [0.1, 0.15) is 27.7 Å². The molecule has 0 N–H and O–H groups in total. The van der Waals surface area contributed by atoms with Gasteiger partial charge in [-0.25, -0.2) is 4.79 Å². The van der Waals surface area contributed by atoms with Gasteiger partial charge in [0.2, 0.25) is 0 Å². The van der Waals surface area contributed by atoms with Gasteiger partial charge in [-0.15, -0.1) is 0 Å². The van der Waals surface area contributed by atoms with Gasteiger partial charge in [0.25, 0.3) is 0 Å². The van der Waals surface area contributed by atoms with E-state index in [1.807, 2.05) is 0 Å². The van der Waals surface area contributed by atoms with E-state index < -0.39 is 0 Å². The zero-order valence-electron chi connectivity index (χ0n) is 11.6. The molecule has 0 aromatic carbocycles. The molecule has 0 aliphatic rings. The Kier molecular flexibility index (Phi) is 5.20. The van der Waals surface area contributed by atoms with E-state index in [0.717, 1.165) is 17.6 Å². The fourth-order valence-electron chi connectivity index (χ4n) is 1.87. The van der Waals surface area contributed by atoms with E-state index in [1.165, 1.54) is 0 Å². The molecule has 0 amide bonds. The lowest BCUT2D eigenvalue weighted by molar-refractivity contribution is -0.896. The summed E-state index contributed by atoms with van der Waals surface area (Å²) in [4.78, 5) is 11.2. The third kappa shape index (κ3) is 7.46. The average molecular weight is 228 g/mol. The molecule has 0 rings (SSSR count). The number of hydrogen-bond donors (Lipinski definition) is 0. The number of nitrogens with zero attached hydrogens (tertiary/aromatic N) is 1. The molecular formula is C13H26NO2+. The van der Waals surface area contributed by atoms with Crippen molar-refractivity contribution in [1.29, 1.82) is 0 Å². The maximum Gasteiger partial charge on any atom is 0.333 e. The van der Waals surface area contributed by atoms with E-state index in [-0.39, 0.29) is 11.4 Å². The van der Waals surface area contributed by atoms with Crippen molar-refractivity contribution < 1.29 is 14.0 Å². The van der Waals surface area contributed by atoms with Crippen LogP contribution in [-0.2, 0) is 9.53 Å². The lowest BCUT2D eigenvalue weighted by Crippen LogP contribution is -2.47. The molecule has 0 radical (unpaired) electrons. The van der Waals surface area contributed by atoms with Gasteiger partial charge in [0, 0.05) is 11.0 Å². The van der Waals surface area contributed by atoms with Crippen LogP contribution in [0.3, 0.4) is 0 Å².